The Hall–Kier alpha value is -2.79. The first-order valence-corrected chi connectivity index (χ1v) is 11.4. The van der Waals surface area contributed by atoms with Gasteiger partial charge in [-0.05, 0) is 49.1 Å². The van der Waals surface area contributed by atoms with E-state index in [1.165, 1.54) is 5.56 Å². The van der Waals surface area contributed by atoms with Gasteiger partial charge in [0.15, 0.2) is 0 Å². The molecule has 162 valence electrons. The van der Waals surface area contributed by atoms with Crippen LogP contribution in [0.4, 0.5) is 5.69 Å². The standard InChI is InChI=1S/C25H30ClN5/c1-6-12-25(8-3)18(5)30(23-15-27-13-11-20(23)25)16-24-28-21-10-9-19(26)14-22(21)31(24)29-17(4)7-2/h9-11,13-15,29H,4-8,12,16H2,1-3H3. The number of pyridine rings is 1. The van der Waals surface area contributed by atoms with Crippen LogP contribution in [-0.4, -0.2) is 14.6 Å². The summed E-state index contributed by atoms with van der Waals surface area (Å²) in [4.78, 5) is 11.6. The summed E-state index contributed by atoms with van der Waals surface area (Å²) in [6.45, 7) is 15.8. The molecule has 1 aliphatic rings. The maximum absolute atomic E-state index is 6.30. The minimum absolute atomic E-state index is 0.0619. The fourth-order valence-corrected chi connectivity index (χ4v) is 4.90. The minimum atomic E-state index is -0.0619. The predicted molar refractivity (Wildman–Crippen MR) is 130 cm³/mol. The molecule has 0 bridgehead atoms. The van der Waals surface area contributed by atoms with E-state index >= 15 is 0 Å². The van der Waals surface area contributed by atoms with Gasteiger partial charge in [0.25, 0.3) is 0 Å². The van der Waals surface area contributed by atoms with E-state index in [2.05, 4.69) is 55.3 Å². The lowest BCUT2D eigenvalue weighted by atomic mass is 9.74. The molecule has 3 aromatic rings. The summed E-state index contributed by atoms with van der Waals surface area (Å²) in [6, 6.07) is 7.91. The van der Waals surface area contributed by atoms with Gasteiger partial charge in [0, 0.05) is 28.0 Å². The Morgan fingerprint density at radius 2 is 2.03 bits per heavy atom. The van der Waals surface area contributed by atoms with Gasteiger partial charge in [-0.3, -0.25) is 10.4 Å². The molecule has 0 radical (unpaired) electrons. The zero-order chi connectivity index (χ0) is 22.2. The third-order valence-electron chi connectivity index (χ3n) is 6.45. The topological polar surface area (TPSA) is 46.0 Å². The number of hydrogen-bond acceptors (Lipinski definition) is 4. The summed E-state index contributed by atoms with van der Waals surface area (Å²) in [6.07, 6.45) is 7.82. The number of allylic oxidation sites excluding steroid dienone is 2. The molecule has 1 aromatic carbocycles. The van der Waals surface area contributed by atoms with Crippen LogP contribution < -0.4 is 10.3 Å². The molecule has 0 spiro atoms. The molecule has 0 saturated heterocycles. The number of nitrogens with zero attached hydrogens (tertiary/aromatic N) is 4. The number of anilines is 1. The molecule has 4 rings (SSSR count). The molecule has 2 aromatic heterocycles. The Morgan fingerprint density at radius 1 is 1.23 bits per heavy atom. The van der Waals surface area contributed by atoms with Gasteiger partial charge in [-0.15, -0.1) is 0 Å². The van der Waals surface area contributed by atoms with Gasteiger partial charge in [0.05, 0.1) is 29.5 Å². The van der Waals surface area contributed by atoms with Crippen molar-refractivity contribution in [2.75, 3.05) is 10.3 Å². The van der Waals surface area contributed by atoms with E-state index in [1.807, 2.05) is 35.3 Å². The van der Waals surface area contributed by atoms with E-state index in [-0.39, 0.29) is 5.41 Å². The highest BCUT2D eigenvalue weighted by molar-refractivity contribution is 6.31. The second-order valence-corrected chi connectivity index (χ2v) is 8.61. The van der Waals surface area contributed by atoms with E-state index in [0.29, 0.717) is 11.6 Å². The summed E-state index contributed by atoms with van der Waals surface area (Å²) in [7, 11) is 0. The molecule has 1 atom stereocenters. The van der Waals surface area contributed by atoms with E-state index in [1.54, 1.807) is 0 Å². The molecule has 0 saturated carbocycles. The zero-order valence-electron chi connectivity index (χ0n) is 18.6. The van der Waals surface area contributed by atoms with Crippen LogP contribution in [-0.2, 0) is 12.0 Å². The number of imidazole rings is 1. The Labute approximate surface area is 189 Å². The highest BCUT2D eigenvalue weighted by Crippen LogP contribution is 2.52. The summed E-state index contributed by atoms with van der Waals surface area (Å²) >= 11 is 6.30. The second-order valence-electron chi connectivity index (χ2n) is 8.18. The first-order valence-electron chi connectivity index (χ1n) is 11.0. The highest BCUT2D eigenvalue weighted by atomic mass is 35.5. The maximum atomic E-state index is 6.30. The Morgan fingerprint density at radius 3 is 2.74 bits per heavy atom. The number of nitrogens with one attached hydrogen (secondary N) is 1. The summed E-state index contributed by atoms with van der Waals surface area (Å²) < 4.78 is 2.00. The normalized spacial score (nSPS) is 17.9. The van der Waals surface area contributed by atoms with Crippen LogP contribution in [0, 0.1) is 0 Å². The van der Waals surface area contributed by atoms with Gasteiger partial charge >= 0.3 is 0 Å². The molecule has 0 fully saturated rings. The fraction of sp³-hybridized carbons (Fsp3) is 0.360. The van der Waals surface area contributed by atoms with Crippen LogP contribution in [0.1, 0.15) is 57.8 Å². The number of hydrogen-bond donors (Lipinski definition) is 1. The molecule has 1 unspecified atom stereocenters. The van der Waals surface area contributed by atoms with Crippen LogP contribution in [0.3, 0.4) is 0 Å². The van der Waals surface area contributed by atoms with Crippen LogP contribution in [0.5, 0.6) is 0 Å². The minimum Gasteiger partial charge on any atom is -0.336 e. The van der Waals surface area contributed by atoms with Gasteiger partial charge < -0.3 is 4.90 Å². The third kappa shape index (κ3) is 3.51. The van der Waals surface area contributed by atoms with E-state index in [9.17, 15) is 0 Å². The number of benzene rings is 1. The lowest BCUT2D eigenvalue weighted by molar-refractivity contribution is 0.448. The first-order chi connectivity index (χ1) is 14.9. The Balaban J connectivity index is 1.81. The summed E-state index contributed by atoms with van der Waals surface area (Å²) in [5.41, 5.74) is 9.64. The quantitative estimate of drug-likeness (QED) is 0.436. The molecule has 3 heterocycles. The predicted octanol–water partition coefficient (Wildman–Crippen LogP) is 6.53. The molecule has 0 aliphatic carbocycles. The van der Waals surface area contributed by atoms with Crippen molar-refractivity contribution in [3.8, 4) is 0 Å². The Kier molecular flexibility index (Phi) is 5.80. The van der Waals surface area contributed by atoms with Crippen LogP contribution >= 0.6 is 11.6 Å². The van der Waals surface area contributed by atoms with Crippen molar-refractivity contribution in [1.82, 2.24) is 14.6 Å². The SMILES string of the molecule is C=C(CC)Nn1c(CN2C(=C)C(CC)(CCC)c3ccncc32)nc2ccc(Cl)cc21. The van der Waals surface area contributed by atoms with Crippen LogP contribution in [0.15, 0.2) is 61.2 Å². The second kappa shape index (κ2) is 8.39. The molecule has 1 N–H and O–H groups in total. The monoisotopic (exact) mass is 435 g/mol. The average molecular weight is 436 g/mol. The largest absolute Gasteiger partial charge is 0.336 e. The van der Waals surface area contributed by atoms with Gasteiger partial charge in [-0.2, -0.15) is 0 Å². The molecular formula is C25H30ClN5. The zero-order valence-corrected chi connectivity index (χ0v) is 19.3. The molecule has 31 heavy (non-hydrogen) atoms. The van der Waals surface area contributed by atoms with E-state index < -0.39 is 0 Å². The van der Waals surface area contributed by atoms with Gasteiger partial charge in [-0.25, -0.2) is 9.66 Å². The highest BCUT2D eigenvalue weighted by Gasteiger charge is 2.44. The van der Waals surface area contributed by atoms with Crippen molar-refractivity contribution in [2.45, 2.75) is 58.4 Å². The number of aromatic nitrogens is 3. The van der Waals surface area contributed by atoms with E-state index in [0.717, 1.165) is 59.6 Å². The molecular weight excluding hydrogens is 406 g/mol. The third-order valence-corrected chi connectivity index (χ3v) is 6.68. The van der Waals surface area contributed by atoms with Crippen molar-refractivity contribution in [3.05, 3.63) is 77.6 Å². The number of rotatable bonds is 8. The fourth-order valence-electron chi connectivity index (χ4n) is 4.73. The van der Waals surface area contributed by atoms with Gasteiger partial charge in [0.1, 0.15) is 5.82 Å². The lowest BCUT2D eigenvalue weighted by Crippen LogP contribution is -2.31. The molecule has 1 aliphatic heterocycles. The molecule has 6 heteroatoms. The lowest BCUT2D eigenvalue weighted by Gasteiger charge is -2.32. The smallest absolute Gasteiger partial charge is 0.148 e. The van der Waals surface area contributed by atoms with Gasteiger partial charge in [-0.1, -0.05) is 52.0 Å². The number of halogens is 1. The van der Waals surface area contributed by atoms with Crippen molar-refractivity contribution >= 4 is 28.3 Å². The maximum Gasteiger partial charge on any atom is 0.148 e. The summed E-state index contributed by atoms with van der Waals surface area (Å²) in [5, 5.41) is 0.678. The van der Waals surface area contributed by atoms with Crippen molar-refractivity contribution in [1.29, 1.82) is 0 Å². The Bertz CT molecular complexity index is 1150. The van der Waals surface area contributed by atoms with E-state index in [4.69, 9.17) is 16.6 Å². The average Bonchev–Trinajstić information content (AvgIpc) is 3.22. The number of fused-ring (bicyclic) bond motifs is 2. The van der Waals surface area contributed by atoms with Gasteiger partial charge in [0.2, 0.25) is 0 Å². The molecule has 5 nitrogen and oxygen atoms in total. The van der Waals surface area contributed by atoms with Crippen LogP contribution in [0.2, 0.25) is 5.02 Å². The summed E-state index contributed by atoms with van der Waals surface area (Å²) in [5.74, 6) is 0.881. The first kappa shape index (κ1) is 21.4. The van der Waals surface area contributed by atoms with Crippen molar-refractivity contribution in [3.63, 3.8) is 0 Å². The van der Waals surface area contributed by atoms with Crippen molar-refractivity contribution < 1.29 is 0 Å². The van der Waals surface area contributed by atoms with Crippen molar-refractivity contribution in [2.24, 2.45) is 0 Å². The molecule has 0 amide bonds. The van der Waals surface area contributed by atoms with Crippen LogP contribution in [0.25, 0.3) is 11.0 Å².